The number of rotatable bonds is 7. The van der Waals surface area contributed by atoms with E-state index >= 15 is 0 Å². The van der Waals surface area contributed by atoms with Crippen LogP contribution < -0.4 is 14.8 Å². The van der Waals surface area contributed by atoms with Gasteiger partial charge >= 0.3 is 18.0 Å². The first-order valence-electron chi connectivity index (χ1n) is 7.40. The number of amides is 3. The molecule has 0 bridgehead atoms. The molecule has 3 amide bonds. The number of nitrogens with zero attached hydrogens (tertiary/aromatic N) is 1. The fourth-order valence-corrected chi connectivity index (χ4v) is 2.57. The van der Waals surface area contributed by atoms with E-state index in [-0.39, 0.29) is 23.8 Å². The Hall–Kier alpha value is -3.08. The van der Waals surface area contributed by atoms with Gasteiger partial charge in [-0.05, 0) is 23.8 Å². The molecule has 1 fully saturated rings. The van der Waals surface area contributed by atoms with E-state index in [9.17, 15) is 19.2 Å². The van der Waals surface area contributed by atoms with Gasteiger partial charge in [0.05, 0.1) is 14.2 Å². The van der Waals surface area contributed by atoms with Crippen molar-refractivity contribution in [1.82, 2.24) is 10.2 Å². The first kappa shape index (κ1) is 20.2. The van der Waals surface area contributed by atoms with Crippen LogP contribution in [-0.4, -0.2) is 61.3 Å². The summed E-state index contributed by atoms with van der Waals surface area (Å²) >= 11 is 3.30. The zero-order valence-electron chi connectivity index (χ0n) is 14.3. The van der Waals surface area contributed by atoms with E-state index < -0.39 is 30.4 Å². The fraction of sp³-hybridized carbons (Fsp3) is 0.250. The normalized spacial score (nSPS) is 14.9. The number of carbonyl (C=O) groups is 4. The number of aliphatic carboxylic acids is 1. The molecule has 1 aromatic rings. The van der Waals surface area contributed by atoms with Crippen LogP contribution in [0.2, 0.25) is 0 Å². The summed E-state index contributed by atoms with van der Waals surface area (Å²) in [6, 6.07) is 2.21. The number of halogens is 1. The highest BCUT2D eigenvalue weighted by molar-refractivity contribution is 9.10. The van der Waals surface area contributed by atoms with Crippen LogP contribution in [0.15, 0.2) is 22.3 Å². The van der Waals surface area contributed by atoms with Crippen molar-refractivity contribution in [2.75, 3.05) is 27.4 Å². The number of methoxy groups -OCH3 is 2. The van der Waals surface area contributed by atoms with Gasteiger partial charge in [0.15, 0.2) is 18.1 Å². The summed E-state index contributed by atoms with van der Waals surface area (Å²) < 4.78 is 15.5. The van der Waals surface area contributed by atoms with Crippen molar-refractivity contribution in [3.05, 3.63) is 27.9 Å². The third-order valence-corrected chi connectivity index (χ3v) is 4.10. The molecule has 0 aromatic heterocycles. The molecule has 0 aliphatic carbocycles. The number of nitrogens with one attached hydrogen (secondary N) is 1. The number of carbonyl (C=O) groups excluding carboxylic acids is 3. The fourth-order valence-electron chi connectivity index (χ4n) is 2.14. The lowest BCUT2D eigenvalue weighted by Crippen LogP contribution is -2.35. The lowest BCUT2D eigenvalue weighted by molar-refractivity contribution is -0.143. The highest BCUT2D eigenvalue weighted by Crippen LogP contribution is 2.35. The Kier molecular flexibility index (Phi) is 6.40. The number of imide groups is 1. The second kappa shape index (κ2) is 8.54. The molecule has 1 aliphatic heterocycles. The van der Waals surface area contributed by atoms with Gasteiger partial charge in [0.25, 0.3) is 5.91 Å². The van der Waals surface area contributed by atoms with Crippen LogP contribution in [0, 0.1) is 0 Å². The van der Waals surface area contributed by atoms with Gasteiger partial charge in [-0.1, -0.05) is 15.9 Å². The summed E-state index contributed by atoms with van der Waals surface area (Å²) in [6.45, 7) is -1.06. The van der Waals surface area contributed by atoms with E-state index in [1.807, 2.05) is 0 Å². The van der Waals surface area contributed by atoms with Crippen LogP contribution in [0.3, 0.4) is 0 Å². The molecule has 1 aliphatic rings. The van der Waals surface area contributed by atoms with Crippen molar-refractivity contribution in [3.63, 3.8) is 0 Å². The van der Waals surface area contributed by atoms with Crippen LogP contribution in [0.25, 0.3) is 6.08 Å². The van der Waals surface area contributed by atoms with E-state index in [0.717, 1.165) is 0 Å². The molecule has 0 unspecified atom stereocenters. The van der Waals surface area contributed by atoms with Crippen LogP contribution in [0.1, 0.15) is 5.56 Å². The predicted octanol–water partition coefficient (Wildman–Crippen LogP) is 0.987. The standard InChI is InChI=1S/C16H15BrN2O8/c1-25-11-4-8(9(17)5-12(11)27-7-14(22)26-2)3-10-15(23)19(6-13(20)21)16(24)18-10/h3-5H,6-7H2,1-2H3,(H,18,24)(H,20,21)/b10-3+. The van der Waals surface area contributed by atoms with Crippen molar-refractivity contribution in [2.24, 2.45) is 0 Å². The minimum absolute atomic E-state index is 0.0905. The van der Waals surface area contributed by atoms with E-state index in [1.165, 1.54) is 32.4 Å². The van der Waals surface area contributed by atoms with Gasteiger partial charge in [0.1, 0.15) is 12.2 Å². The summed E-state index contributed by atoms with van der Waals surface area (Å²) in [6.07, 6.45) is 1.36. The SMILES string of the molecule is COC(=O)COc1cc(Br)c(/C=C2/NC(=O)N(CC(=O)O)C2=O)cc1OC. The highest BCUT2D eigenvalue weighted by atomic mass is 79.9. The molecule has 1 heterocycles. The molecule has 0 atom stereocenters. The molecule has 10 nitrogen and oxygen atoms in total. The third kappa shape index (κ3) is 4.76. The van der Waals surface area contributed by atoms with Crippen LogP contribution >= 0.6 is 15.9 Å². The second-order valence-electron chi connectivity index (χ2n) is 5.16. The Morgan fingerprint density at radius 2 is 1.96 bits per heavy atom. The number of carboxylic acids is 1. The van der Waals surface area contributed by atoms with Crippen LogP contribution in [0.4, 0.5) is 4.79 Å². The number of benzene rings is 1. The Balaban J connectivity index is 2.30. The molecule has 1 saturated heterocycles. The second-order valence-corrected chi connectivity index (χ2v) is 6.02. The van der Waals surface area contributed by atoms with Gasteiger partial charge in [0.2, 0.25) is 0 Å². The molecule has 11 heteroatoms. The lowest BCUT2D eigenvalue weighted by Gasteiger charge is -2.12. The smallest absolute Gasteiger partial charge is 0.343 e. The molecule has 2 N–H and O–H groups in total. The van der Waals surface area contributed by atoms with Gasteiger partial charge < -0.3 is 24.6 Å². The summed E-state index contributed by atoms with van der Waals surface area (Å²) in [5.41, 5.74) is 0.366. The quantitative estimate of drug-likeness (QED) is 0.362. The predicted molar refractivity (Wildman–Crippen MR) is 94.1 cm³/mol. The molecule has 0 saturated carbocycles. The van der Waals surface area contributed by atoms with Gasteiger partial charge in [-0.25, -0.2) is 14.5 Å². The third-order valence-electron chi connectivity index (χ3n) is 3.41. The van der Waals surface area contributed by atoms with E-state index in [1.54, 1.807) is 0 Å². The number of hydrogen-bond donors (Lipinski definition) is 2. The molecular formula is C16H15BrN2O8. The van der Waals surface area contributed by atoms with E-state index in [2.05, 4.69) is 26.0 Å². The Morgan fingerprint density at radius 3 is 2.56 bits per heavy atom. The van der Waals surface area contributed by atoms with Gasteiger partial charge in [-0.15, -0.1) is 0 Å². The number of esters is 1. The topological polar surface area (TPSA) is 131 Å². The van der Waals surface area contributed by atoms with Crippen molar-refractivity contribution < 1.29 is 38.5 Å². The van der Waals surface area contributed by atoms with Gasteiger partial charge in [0, 0.05) is 4.47 Å². The molecule has 1 aromatic carbocycles. The average Bonchev–Trinajstić information content (AvgIpc) is 2.88. The number of hydrogen-bond acceptors (Lipinski definition) is 7. The summed E-state index contributed by atoms with van der Waals surface area (Å²) in [7, 11) is 2.62. The van der Waals surface area contributed by atoms with Crippen LogP contribution in [0.5, 0.6) is 11.5 Å². The highest BCUT2D eigenvalue weighted by Gasteiger charge is 2.35. The van der Waals surface area contributed by atoms with Crippen molar-refractivity contribution in [1.29, 1.82) is 0 Å². The molecular weight excluding hydrogens is 428 g/mol. The summed E-state index contributed by atoms with van der Waals surface area (Å²) in [4.78, 5) is 46.5. The molecule has 0 spiro atoms. The maximum Gasteiger partial charge on any atom is 0.343 e. The van der Waals surface area contributed by atoms with E-state index in [4.69, 9.17) is 14.6 Å². The molecule has 0 radical (unpaired) electrons. The van der Waals surface area contributed by atoms with E-state index in [0.29, 0.717) is 14.9 Å². The lowest BCUT2D eigenvalue weighted by atomic mass is 10.1. The first-order valence-corrected chi connectivity index (χ1v) is 8.19. The Morgan fingerprint density at radius 1 is 1.26 bits per heavy atom. The monoisotopic (exact) mass is 442 g/mol. The van der Waals surface area contributed by atoms with Crippen LogP contribution in [-0.2, 0) is 19.1 Å². The summed E-state index contributed by atoms with van der Waals surface area (Å²) in [5, 5.41) is 11.1. The molecule has 144 valence electrons. The largest absolute Gasteiger partial charge is 0.493 e. The molecule has 2 rings (SSSR count). The Bertz CT molecular complexity index is 836. The minimum atomic E-state index is -1.31. The zero-order chi connectivity index (χ0) is 20.1. The number of urea groups is 1. The van der Waals surface area contributed by atoms with Gasteiger partial charge in [-0.2, -0.15) is 0 Å². The average molecular weight is 443 g/mol. The van der Waals surface area contributed by atoms with Gasteiger partial charge in [-0.3, -0.25) is 9.59 Å². The maximum absolute atomic E-state index is 12.2. The maximum atomic E-state index is 12.2. The molecule has 27 heavy (non-hydrogen) atoms. The minimum Gasteiger partial charge on any atom is -0.493 e. The van der Waals surface area contributed by atoms with Crippen molar-refractivity contribution in [2.45, 2.75) is 0 Å². The van der Waals surface area contributed by atoms with Crippen molar-refractivity contribution >= 4 is 45.9 Å². The van der Waals surface area contributed by atoms with Crippen molar-refractivity contribution in [3.8, 4) is 11.5 Å². The zero-order valence-corrected chi connectivity index (χ0v) is 15.9. The first-order chi connectivity index (χ1) is 12.8. The summed E-state index contributed by atoms with van der Waals surface area (Å²) in [5.74, 6) is -2.12. The Labute approximate surface area is 161 Å². The number of ether oxygens (including phenoxy) is 3. The number of carboxylic acid groups (broad SMARTS) is 1.